The summed E-state index contributed by atoms with van der Waals surface area (Å²) in [5, 5.41) is 1.39. The molecule has 0 aliphatic heterocycles. The van der Waals surface area contributed by atoms with E-state index in [-0.39, 0.29) is 0 Å². The third kappa shape index (κ3) is 5.76. The van der Waals surface area contributed by atoms with E-state index in [2.05, 4.69) is 39.9 Å². The Hall–Kier alpha value is -6.00. The van der Waals surface area contributed by atoms with Crippen LogP contribution in [0.5, 0.6) is 11.5 Å². The third-order valence-electron chi connectivity index (χ3n) is 7.51. The van der Waals surface area contributed by atoms with Crippen LogP contribution >= 0.6 is 22.7 Å². The molecule has 14 nitrogen and oxygen atoms in total. The van der Waals surface area contributed by atoms with Gasteiger partial charge in [0.1, 0.15) is 24.9 Å². The molecule has 4 N–H and O–H groups in total. The summed E-state index contributed by atoms with van der Waals surface area (Å²) in [7, 11) is 1.57. The lowest BCUT2D eigenvalue weighted by atomic mass is 10.1. The normalized spacial score (nSPS) is 11.3. The van der Waals surface area contributed by atoms with Gasteiger partial charge in [-0.25, -0.2) is 29.5 Å². The van der Waals surface area contributed by atoms with E-state index in [9.17, 15) is 19.2 Å². The number of H-pyrrole nitrogens is 4. The number of aryl methyl sites for hydroxylation is 2. The molecular formula is C33H26N8O6S2. The largest absolute Gasteiger partial charge is 0.493 e. The molecule has 0 saturated carbocycles. The van der Waals surface area contributed by atoms with Gasteiger partial charge in [0.25, 0.3) is 11.1 Å². The minimum atomic E-state index is -0.549. The fourth-order valence-electron chi connectivity index (χ4n) is 5.46. The number of hydrogen-bond donors (Lipinski definition) is 4. The van der Waals surface area contributed by atoms with Crippen LogP contribution in [0.2, 0.25) is 0 Å². The van der Waals surface area contributed by atoms with Crippen molar-refractivity contribution in [3.05, 3.63) is 102 Å². The Balaban J connectivity index is 0.000000157. The monoisotopic (exact) mass is 694 g/mol. The van der Waals surface area contributed by atoms with Gasteiger partial charge in [0.15, 0.2) is 17.3 Å². The molecule has 0 aliphatic rings. The van der Waals surface area contributed by atoms with Crippen LogP contribution in [0.25, 0.3) is 63.5 Å². The number of methoxy groups -OCH3 is 1. The molecule has 246 valence electrons. The molecule has 0 atom stereocenters. The van der Waals surface area contributed by atoms with Crippen molar-refractivity contribution in [2.75, 3.05) is 13.7 Å². The van der Waals surface area contributed by atoms with Crippen molar-refractivity contribution in [2.45, 2.75) is 20.8 Å². The molecule has 16 heteroatoms. The summed E-state index contributed by atoms with van der Waals surface area (Å²) >= 11 is 2.48. The smallest absolute Gasteiger partial charge is 0.326 e. The van der Waals surface area contributed by atoms with E-state index in [1.54, 1.807) is 7.11 Å². The predicted molar refractivity (Wildman–Crippen MR) is 190 cm³/mol. The van der Waals surface area contributed by atoms with Crippen LogP contribution in [0, 0.1) is 13.8 Å². The molecule has 0 fully saturated rings. The first-order valence-electron chi connectivity index (χ1n) is 14.9. The van der Waals surface area contributed by atoms with Gasteiger partial charge < -0.3 is 19.4 Å². The maximum absolute atomic E-state index is 12.1. The Kier molecular flexibility index (Phi) is 8.09. The highest BCUT2D eigenvalue weighted by atomic mass is 32.1. The number of ether oxygens (including phenoxy) is 2. The highest BCUT2D eigenvalue weighted by Crippen LogP contribution is 2.36. The van der Waals surface area contributed by atoms with E-state index in [4.69, 9.17) is 9.47 Å². The Bertz CT molecular complexity index is 2800. The van der Waals surface area contributed by atoms with Gasteiger partial charge in [-0.1, -0.05) is 30.3 Å². The lowest BCUT2D eigenvalue weighted by Crippen LogP contribution is -2.20. The minimum absolute atomic E-state index is 0.404. The average molecular weight is 695 g/mol. The molecule has 0 amide bonds. The molecule has 0 spiro atoms. The fraction of sp³-hybridized carbons (Fsp3) is 0.152. The lowest BCUT2D eigenvalue weighted by molar-refractivity contribution is 0.311. The third-order valence-corrected chi connectivity index (χ3v) is 9.67. The van der Waals surface area contributed by atoms with E-state index in [1.807, 2.05) is 69.3 Å². The number of aromatic amines is 4. The Morgan fingerprint density at radius 1 is 0.694 bits per heavy atom. The van der Waals surface area contributed by atoms with Crippen LogP contribution < -0.4 is 32.0 Å². The molecular weight excluding hydrogens is 669 g/mol. The first-order valence-corrected chi connectivity index (χ1v) is 16.5. The summed E-state index contributed by atoms with van der Waals surface area (Å²) in [4.78, 5) is 76.6. The van der Waals surface area contributed by atoms with Crippen LogP contribution in [0.15, 0.2) is 67.7 Å². The second-order valence-corrected chi connectivity index (χ2v) is 12.7. The van der Waals surface area contributed by atoms with Crippen molar-refractivity contribution in [1.29, 1.82) is 0 Å². The lowest BCUT2D eigenvalue weighted by Gasteiger charge is -2.11. The topological polar surface area (TPSA) is 201 Å². The SMILES string of the molecule is CCOc1ccc(-c2nc(C)c3c(n2)sc2c(=O)[nH]c(=O)[nH]c23)cc1OC.Cc1nc(-c2ccccc2)c2c(n1)sc1c(=O)[nH]c(=O)[nH]c12. The zero-order valence-electron chi connectivity index (χ0n) is 26.4. The maximum Gasteiger partial charge on any atom is 0.326 e. The van der Waals surface area contributed by atoms with Crippen LogP contribution in [-0.4, -0.2) is 53.6 Å². The second-order valence-electron chi connectivity index (χ2n) is 10.7. The zero-order valence-corrected chi connectivity index (χ0v) is 28.0. The van der Waals surface area contributed by atoms with E-state index in [1.165, 1.54) is 22.7 Å². The number of rotatable bonds is 5. The molecule has 49 heavy (non-hydrogen) atoms. The first kappa shape index (κ1) is 31.6. The molecule has 0 radical (unpaired) electrons. The quantitative estimate of drug-likeness (QED) is 0.194. The number of nitrogens with one attached hydrogen (secondary N) is 4. The van der Waals surface area contributed by atoms with Gasteiger partial charge in [0.05, 0.1) is 46.9 Å². The summed E-state index contributed by atoms with van der Waals surface area (Å²) in [6, 6.07) is 15.1. The number of thiophene rings is 2. The van der Waals surface area contributed by atoms with Crippen LogP contribution in [0.4, 0.5) is 0 Å². The maximum atomic E-state index is 12.1. The van der Waals surface area contributed by atoms with E-state index in [0.717, 1.165) is 16.8 Å². The Morgan fingerprint density at radius 3 is 1.96 bits per heavy atom. The van der Waals surface area contributed by atoms with Crippen molar-refractivity contribution < 1.29 is 9.47 Å². The van der Waals surface area contributed by atoms with E-state index in [0.29, 0.717) is 76.3 Å². The number of hydrogen-bond acceptors (Lipinski definition) is 12. The van der Waals surface area contributed by atoms with Gasteiger partial charge in [-0.05, 0) is 39.0 Å². The molecule has 0 saturated heterocycles. The number of aromatic nitrogens is 8. The molecule has 8 aromatic rings. The fourth-order valence-corrected chi connectivity index (χ4v) is 7.61. The van der Waals surface area contributed by atoms with Gasteiger partial charge in [-0.3, -0.25) is 19.6 Å². The van der Waals surface area contributed by atoms with Gasteiger partial charge in [-0.2, -0.15) is 0 Å². The summed E-state index contributed by atoms with van der Waals surface area (Å²) in [6.45, 7) is 6.07. The standard InChI is InChI=1S/C18H16N4O4S.C15H10N4O2S/c1-4-26-10-6-5-9(7-11(10)25-3)15-19-8(2)12-13-14(27-17(12)21-15)16(23)22-18(24)20-13;1-7-16-10(8-5-3-2-4-6-8)9-11-12(22-14(9)17-7)13(20)19-15(21)18-11/h5-7H,4H2,1-3H3,(H2,20,22,23,24);2-6H,1H3,(H2,18,19,20,21). The summed E-state index contributed by atoms with van der Waals surface area (Å²) in [6.07, 6.45) is 0. The van der Waals surface area contributed by atoms with E-state index >= 15 is 0 Å². The molecule has 0 unspecified atom stereocenters. The summed E-state index contributed by atoms with van der Waals surface area (Å²) in [5.74, 6) is 2.36. The summed E-state index contributed by atoms with van der Waals surface area (Å²) < 4.78 is 11.8. The van der Waals surface area contributed by atoms with Crippen LogP contribution in [0.3, 0.4) is 0 Å². The number of benzene rings is 2. The molecule has 6 aromatic heterocycles. The first-order chi connectivity index (χ1) is 23.6. The second kappa shape index (κ2) is 12.6. The molecule has 6 heterocycles. The zero-order chi connectivity index (χ0) is 34.4. The molecule has 0 aliphatic carbocycles. The van der Waals surface area contributed by atoms with Crippen molar-refractivity contribution >= 4 is 63.5 Å². The van der Waals surface area contributed by atoms with Gasteiger partial charge in [0, 0.05) is 11.1 Å². The number of fused-ring (bicyclic) bond motifs is 6. The predicted octanol–water partition coefficient (Wildman–Crippen LogP) is 4.80. The molecule has 8 rings (SSSR count). The Morgan fingerprint density at radius 2 is 1.33 bits per heavy atom. The minimum Gasteiger partial charge on any atom is -0.493 e. The molecule has 2 aromatic carbocycles. The average Bonchev–Trinajstić information content (AvgIpc) is 3.64. The van der Waals surface area contributed by atoms with Gasteiger partial charge in [-0.15, -0.1) is 22.7 Å². The highest BCUT2D eigenvalue weighted by Gasteiger charge is 2.18. The van der Waals surface area contributed by atoms with Gasteiger partial charge >= 0.3 is 11.4 Å². The van der Waals surface area contributed by atoms with Crippen LogP contribution in [0.1, 0.15) is 18.4 Å². The summed E-state index contributed by atoms with van der Waals surface area (Å²) in [5.41, 5.74) is 2.12. The van der Waals surface area contributed by atoms with Crippen LogP contribution in [-0.2, 0) is 0 Å². The molecule has 0 bridgehead atoms. The van der Waals surface area contributed by atoms with Crippen molar-refractivity contribution in [2.24, 2.45) is 0 Å². The Labute approximate surface area is 282 Å². The highest BCUT2D eigenvalue weighted by molar-refractivity contribution is 7.25. The van der Waals surface area contributed by atoms with Crippen molar-refractivity contribution in [3.63, 3.8) is 0 Å². The van der Waals surface area contributed by atoms with E-state index < -0.39 is 22.5 Å². The van der Waals surface area contributed by atoms with Crippen molar-refractivity contribution in [3.8, 4) is 34.1 Å². The van der Waals surface area contributed by atoms with Gasteiger partial charge in [0.2, 0.25) is 0 Å². The van der Waals surface area contributed by atoms with Crippen molar-refractivity contribution in [1.82, 2.24) is 39.9 Å². The number of nitrogens with zero attached hydrogens (tertiary/aromatic N) is 4.